The quantitative estimate of drug-likeness (QED) is 0.788. The molecule has 0 radical (unpaired) electrons. The van der Waals surface area contributed by atoms with Gasteiger partial charge in [-0.1, -0.05) is 6.07 Å². The van der Waals surface area contributed by atoms with Crippen molar-refractivity contribution < 1.29 is 9.90 Å². The average molecular weight is 205 g/mol. The van der Waals surface area contributed by atoms with Crippen molar-refractivity contribution >= 4 is 5.97 Å². The molecule has 0 spiro atoms. The first-order valence-corrected chi connectivity index (χ1v) is 5.23. The summed E-state index contributed by atoms with van der Waals surface area (Å²) in [6.07, 6.45) is 2.20. The summed E-state index contributed by atoms with van der Waals surface area (Å²) < 4.78 is 0. The standard InChI is InChI=1S/C12H15NO2/c1-13-7-10-5-3-8-2-4-9(12(14)15)6-11(8)10/h2,4,6,10,13H,3,5,7H2,1H3,(H,14,15). The summed E-state index contributed by atoms with van der Waals surface area (Å²) in [7, 11) is 1.93. The maximum absolute atomic E-state index is 10.8. The fraction of sp³-hybridized carbons (Fsp3) is 0.417. The molecule has 1 aromatic carbocycles. The molecule has 15 heavy (non-hydrogen) atoms. The summed E-state index contributed by atoms with van der Waals surface area (Å²) in [5, 5.41) is 12.1. The Hall–Kier alpha value is -1.35. The van der Waals surface area contributed by atoms with Crippen LogP contribution in [0.4, 0.5) is 0 Å². The number of aromatic carboxylic acids is 1. The van der Waals surface area contributed by atoms with Crippen molar-refractivity contribution in [3.8, 4) is 0 Å². The summed E-state index contributed by atoms with van der Waals surface area (Å²) in [5.74, 6) is -0.364. The highest BCUT2D eigenvalue weighted by atomic mass is 16.4. The van der Waals surface area contributed by atoms with Crippen LogP contribution in [0.25, 0.3) is 0 Å². The van der Waals surface area contributed by atoms with Gasteiger partial charge in [-0.2, -0.15) is 0 Å². The summed E-state index contributed by atoms with van der Waals surface area (Å²) >= 11 is 0. The molecule has 0 saturated carbocycles. The molecule has 0 heterocycles. The molecule has 3 nitrogen and oxygen atoms in total. The lowest BCUT2D eigenvalue weighted by molar-refractivity contribution is 0.0697. The first kappa shape index (κ1) is 10.2. The van der Waals surface area contributed by atoms with Crippen molar-refractivity contribution in [1.82, 2.24) is 5.32 Å². The molecular formula is C12H15NO2. The summed E-state index contributed by atoms with van der Waals surface area (Å²) in [6.45, 7) is 0.927. The number of fused-ring (bicyclic) bond motifs is 1. The van der Waals surface area contributed by atoms with E-state index >= 15 is 0 Å². The van der Waals surface area contributed by atoms with Gasteiger partial charge in [-0.15, -0.1) is 0 Å². The second-order valence-corrected chi connectivity index (χ2v) is 4.01. The minimum absolute atomic E-state index is 0.400. The Kier molecular flexibility index (Phi) is 2.73. The minimum Gasteiger partial charge on any atom is -0.478 e. The lowest BCUT2D eigenvalue weighted by atomic mass is 9.99. The van der Waals surface area contributed by atoms with Crippen LogP contribution in [0.15, 0.2) is 18.2 Å². The Morgan fingerprint density at radius 3 is 3.07 bits per heavy atom. The predicted molar refractivity (Wildman–Crippen MR) is 58.4 cm³/mol. The van der Waals surface area contributed by atoms with Crippen LogP contribution in [0.1, 0.15) is 33.8 Å². The third-order valence-electron chi connectivity index (χ3n) is 3.05. The fourth-order valence-electron chi connectivity index (χ4n) is 2.28. The molecule has 1 aliphatic carbocycles. The molecular weight excluding hydrogens is 190 g/mol. The van der Waals surface area contributed by atoms with Gasteiger partial charge in [0.05, 0.1) is 5.56 Å². The zero-order valence-electron chi connectivity index (χ0n) is 8.79. The van der Waals surface area contributed by atoms with Gasteiger partial charge in [-0.3, -0.25) is 0 Å². The molecule has 1 aromatic rings. The monoisotopic (exact) mass is 205 g/mol. The molecule has 3 heteroatoms. The molecule has 2 N–H and O–H groups in total. The van der Waals surface area contributed by atoms with E-state index in [0.29, 0.717) is 11.5 Å². The zero-order valence-corrected chi connectivity index (χ0v) is 8.79. The lowest BCUT2D eigenvalue weighted by Gasteiger charge is -2.10. The second-order valence-electron chi connectivity index (χ2n) is 4.01. The number of rotatable bonds is 3. The van der Waals surface area contributed by atoms with Crippen molar-refractivity contribution in [2.24, 2.45) is 0 Å². The smallest absolute Gasteiger partial charge is 0.335 e. The van der Waals surface area contributed by atoms with Crippen LogP contribution in [0.2, 0.25) is 0 Å². The van der Waals surface area contributed by atoms with Crippen LogP contribution in [-0.2, 0) is 6.42 Å². The van der Waals surface area contributed by atoms with Crippen LogP contribution >= 0.6 is 0 Å². The van der Waals surface area contributed by atoms with Gasteiger partial charge in [0.15, 0.2) is 0 Å². The van der Waals surface area contributed by atoms with E-state index in [0.717, 1.165) is 19.4 Å². The summed E-state index contributed by atoms with van der Waals surface area (Å²) in [5.41, 5.74) is 2.92. The first-order valence-electron chi connectivity index (χ1n) is 5.23. The molecule has 0 amide bonds. The Morgan fingerprint density at radius 2 is 2.40 bits per heavy atom. The fourth-order valence-corrected chi connectivity index (χ4v) is 2.28. The number of likely N-dealkylation sites (N-methyl/N-ethyl adjacent to an activating group) is 1. The third-order valence-corrected chi connectivity index (χ3v) is 3.05. The number of carboxylic acids is 1. The molecule has 0 aromatic heterocycles. The largest absolute Gasteiger partial charge is 0.478 e. The van der Waals surface area contributed by atoms with Crippen molar-refractivity contribution in [2.45, 2.75) is 18.8 Å². The van der Waals surface area contributed by atoms with E-state index in [1.54, 1.807) is 6.07 Å². The van der Waals surface area contributed by atoms with Gasteiger partial charge < -0.3 is 10.4 Å². The molecule has 1 unspecified atom stereocenters. The van der Waals surface area contributed by atoms with Crippen molar-refractivity contribution in [3.63, 3.8) is 0 Å². The highest BCUT2D eigenvalue weighted by Crippen LogP contribution is 2.33. The summed E-state index contributed by atoms with van der Waals surface area (Å²) in [4.78, 5) is 10.8. The van der Waals surface area contributed by atoms with Gasteiger partial charge in [0.2, 0.25) is 0 Å². The lowest BCUT2D eigenvalue weighted by Crippen LogP contribution is -2.15. The molecule has 0 fully saturated rings. The number of carbonyl (C=O) groups is 1. The topological polar surface area (TPSA) is 49.3 Å². The summed E-state index contributed by atoms with van der Waals surface area (Å²) in [6, 6.07) is 5.48. The van der Waals surface area contributed by atoms with Crippen LogP contribution in [0.3, 0.4) is 0 Å². The SMILES string of the molecule is CNCC1CCc2ccc(C(=O)O)cc21. The zero-order chi connectivity index (χ0) is 10.8. The van der Waals surface area contributed by atoms with Crippen molar-refractivity contribution in [2.75, 3.05) is 13.6 Å². The molecule has 1 aliphatic rings. The molecule has 0 aliphatic heterocycles. The molecule has 0 bridgehead atoms. The Morgan fingerprint density at radius 1 is 1.60 bits per heavy atom. The molecule has 1 atom stereocenters. The van der Waals surface area contributed by atoms with Gasteiger partial charge in [0.25, 0.3) is 0 Å². The highest BCUT2D eigenvalue weighted by Gasteiger charge is 2.22. The average Bonchev–Trinajstić information content (AvgIpc) is 2.61. The Bertz CT molecular complexity index is 385. The van der Waals surface area contributed by atoms with E-state index in [9.17, 15) is 4.79 Å². The van der Waals surface area contributed by atoms with Crippen molar-refractivity contribution in [3.05, 3.63) is 34.9 Å². The maximum Gasteiger partial charge on any atom is 0.335 e. The molecule has 80 valence electrons. The van der Waals surface area contributed by atoms with Gasteiger partial charge >= 0.3 is 5.97 Å². The van der Waals surface area contributed by atoms with Crippen molar-refractivity contribution in [1.29, 1.82) is 0 Å². The minimum atomic E-state index is -0.840. The number of hydrogen-bond acceptors (Lipinski definition) is 2. The number of hydrogen-bond donors (Lipinski definition) is 2. The Balaban J connectivity index is 2.33. The van der Waals surface area contributed by atoms with E-state index in [1.165, 1.54) is 11.1 Å². The van der Waals surface area contributed by atoms with E-state index in [1.807, 2.05) is 19.2 Å². The van der Waals surface area contributed by atoms with Gasteiger partial charge in [0, 0.05) is 6.54 Å². The first-order chi connectivity index (χ1) is 7.22. The van der Waals surface area contributed by atoms with Gasteiger partial charge in [0.1, 0.15) is 0 Å². The maximum atomic E-state index is 10.8. The van der Waals surface area contributed by atoms with Crippen LogP contribution in [0, 0.1) is 0 Å². The van der Waals surface area contributed by atoms with Crippen LogP contribution in [0.5, 0.6) is 0 Å². The van der Waals surface area contributed by atoms with Gasteiger partial charge in [-0.05, 0) is 49.1 Å². The van der Waals surface area contributed by atoms with Gasteiger partial charge in [-0.25, -0.2) is 4.79 Å². The van der Waals surface area contributed by atoms with E-state index in [-0.39, 0.29) is 0 Å². The normalized spacial score (nSPS) is 18.9. The predicted octanol–water partition coefficient (Wildman–Crippen LogP) is 1.63. The van der Waals surface area contributed by atoms with Crippen LogP contribution < -0.4 is 5.32 Å². The third kappa shape index (κ3) is 1.88. The molecule has 0 saturated heterocycles. The van der Waals surface area contributed by atoms with E-state index in [4.69, 9.17) is 5.11 Å². The molecule has 2 rings (SSSR count). The number of nitrogens with one attached hydrogen (secondary N) is 1. The number of aryl methyl sites for hydroxylation is 1. The number of carboxylic acid groups (broad SMARTS) is 1. The Labute approximate surface area is 89.1 Å². The second kappa shape index (κ2) is 4.03. The van der Waals surface area contributed by atoms with Crippen LogP contribution in [-0.4, -0.2) is 24.7 Å². The van der Waals surface area contributed by atoms with E-state index < -0.39 is 5.97 Å². The van der Waals surface area contributed by atoms with E-state index in [2.05, 4.69) is 5.32 Å². The number of benzene rings is 1. The highest BCUT2D eigenvalue weighted by molar-refractivity contribution is 5.88.